The molecular formula is C15H20ClN3O2. The van der Waals surface area contributed by atoms with Gasteiger partial charge in [-0.15, -0.1) is 0 Å². The van der Waals surface area contributed by atoms with E-state index in [1.54, 1.807) is 0 Å². The van der Waals surface area contributed by atoms with Crippen LogP contribution in [0, 0.1) is 0 Å². The maximum atomic E-state index is 6.22. The van der Waals surface area contributed by atoms with E-state index in [0.717, 1.165) is 24.9 Å². The average molecular weight is 310 g/mol. The molecular weight excluding hydrogens is 290 g/mol. The number of hydrogen-bond donors (Lipinski definition) is 1. The van der Waals surface area contributed by atoms with Gasteiger partial charge >= 0.3 is 0 Å². The number of benzene rings is 1. The van der Waals surface area contributed by atoms with Crippen LogP contribution in [0.15, 0.2) is 22.7 Å². The van der Waals surface area contributed by atoms with Gasteiger partial charge in [-0.3, -0.25) is 0 Å². The molecule has 0 unspecified atom stereocenters. The summed E-state index contributed by atoms with van der Waals surface area (Å²) >= 11 is 6.22. The van der Waals surface area contributed by atoms with E-state index in [-0.39, 0.29) is 6.61 Å². The monoisotopic (exact) mass is 309 g/mol. The molecule has 0 aliphatic rings. The number of halogens is 1. The first-order chi connectivity index (χ1) is 10.2. The third-order valence-electron chi connectivity index (χ3n) is 2.96. The van der Waals surface area contributed by atoms with Crippen LogP contribution in [0.1, 0.15) is 37.5 Å². The molecule has 0 fully saturated rings. The Morgan fingerprint density at radius 1 is 1.33 bits per heavy atom. The molecule has 0 saturated carbocycles. The Labute approximate surface area is 129 Å². The first-order valence-corrected chi connectivity index (χ1v) is 7.54. The van der Waals surface area contributed by atoms with Crippen molar-refractivity contribution in [3.05, 3.63) is 40.5 Å². The minimum Gasteiger partial charge on any atom is -0.482 e. The van der Waals surface area contributed by atoms with Crippen molar-refractivity contribution >= 4 is 11.6 Å². The van der Waals surface area contributed by atoms with Crippen LogP contribution in [0.5, 0.6) is 5.75 Å². The lowest BCUT2D eigenvalue weighted by molar-refractivity contribution is 0.240. The molecule has 0 spiro atoms. The third kappa shape index (κ3) is 4.44. The first kappa shape index (κ1) is 15.8. The molecule has 0 saturated heterocycles. The summed E-state index contributed by atoms with van der Waals surface area (Å²) in [6, 6.07) is 5.72. The van der Waals surface area contributed by atoms with Gasteiger partial charge in [-0.25, -0.2) is 0 Å². The standard InChI is InChI=1S/C15H20ClN3O2/c1-3-8-17-9-11-6-5-7-12(16)15(11)20-10-14-18-13(4-2)19-21-14/h5-7,17H,3-4,8-10H2,1-2H3. The third-order valence-corrected chi connectivity index (χ3v) is 3.25. The van der Waals surface area contributed by atoms with Crippen molar-refractivity contribution in [2.24, 2.45) is 0 Å². The van der Waals surface area contributed by atoms with Crippen LogP contribution >= 0.6 is 11.6 Å². The van der Waals surface area contributed by atoms with Crippen molar-refractivity contribution in [3.63, 3.8) is 0 Å². The van der Waals surface area contributed by atoms with Crippen LogP contribution in [-0.4, -0.2) is 16.7 Å². The number of ether oxygens (including phenoxy) is 1. The van der Waals surface area contributed by atoms with Gasteiger partial charge in [0.15, 0.2) is 12.4 Å². The highest BCUT2D eigenvalue weighted by Crippen LogP contribution is 2.29. The zero-order valence-corrected chi connectivity index (χ0v) is 13.1. The molecule has 1 aromatic carbocycles. The van der Waals surface area contributed by atoms with Crippen molar-refractivity contribution in [2.45, 2.75) is 39.8 Å². The highest BCUT2D eigenvalue weighted by molar-refractivity contribution is 6.32. The van der Waals surface area contributed by atoms with Gasteiger partial charge in [0.1, 0.15) is 5.75 Å². The highest BCUT2D eigenvalue weighted by Gasteiger charge is 2.11. The van der Waals surface area contributed by atoms with E-state index in [1.807, 2.05) is 25.1 Å². The lowest BCUT2D eigenvalue weighted by Gasteiger charge is -2.12. The summed E-state index contributed by atoms with van der Waals surface area (Å²) in [5.74, 6) is 1.80. The molecule has 0 bridgehead atoms. The summed E-state index contributed by atoms with van der Waals surface area (Å²) in [6.45, 7) is 5.99. The molecule has 5 nitrogen and oxygen atoms in total. The summed E-state index contributed by atoms with van der Waals surface area (Å²) in [5, 5.41) is 7.77. The number of nitrogens with zero attached hydrogens (tertiary/aromatic N) is 2. The number of aromatic nitrogens is 2. The fraction of sp³-hybridized carbons (Fsp3) is 0.467. The lowest BCUT2D eigenvalue weighted by atomic mass is 10.2. The topological polar surface area (TPSA) is 60.2 Å². The molecule has 114 valence electrons. The van der Waals surface area contributed by atoms with E-state index in [9.17, 15) is 0 Å². The van der Waals surface area contributed by atoms with Gasteiger partial charge in [0.25, 0.3) is 5.89 Å². The van der Waals surface area contributed by atoms with Gasteiger partial charge in [0.05, 0.1) is 5.02 Å². The van der Waals surface area contributed by atoms with Crippen LogP contribution in [0.3, 0.4) is 0 Å². The van der Waals surface area contributed by atoms with Crippen molar-refractivity contribution < 1.29 is 9.26 Å². The molecule has 1 N–H and O–H groups in total. The minimum atomic E-state index is 0.220. The van der Waals surface area contributed by atoms with Gasteiger partial charge in [0, 0.05) is 18.5 Å². The minimum absolute atomic E-state index is 0.220. The van der Waals surface area contributed by atoms with Crippen molar-refractivity contribution in [2.75, 3.05) is 6.54 Å². The van der Waals surface area contributed by atoms with E-state index < -0.39 is 0 Å². The second-order valence-corrected chi connectivity index (χ2v) is 5.06. The normalized spacial score (nSPS) is 10.8. The fourth-order valence-electron chi connectivity index (χ4n) is 1.88. The van der Waals surface area contributed by atoms with Crippen molar-refractivity contribution in [3.8, 4) is 5.75 Å². The highest BCUT2D eigenvalue weighted by atomic mass is 35.5. The van der Waals surface area contributed by atoms with Gasteiger partial charge in [0.2, 0.25) is 0 Å². The molecule has 0 amide bonds. The fourth-order valence-corrected chi connectivity index (χ4v) is 2.13. The summed E-state index contributed by atoms with van der Waals surface area (Å²) in [4.78, 5) is 4.22. The first-order valence-electron chi connectivity index (χ1n) is 7.17. The average Bonchev–Trinajstić information content (AvgIpc) is 2.95. The van der Waals surface area contributed by atoms with E-state index in [0.29, 0.717) is 29.0 Å². The number of nitrogens with one attached hydrogen (secondary N) is 1. The molecule has 0 aliphatic heterocycles. The Balaban J connectivity index is 2.03. The van der Waals surface area contributed by atoms with Gasteiger partial charge in [-0.05, 0) is 19.0 Å². The van der Waals surface area contributed by atoms with Crippen LogP contribution < -0.4 is 10.1 Å². The van der Waals surface area contributed by atoms with E-state index in [2.05, 4.69) is 22.4 Å². The van der Waals surface area contributed by atoms with Crippen LogP contribution in [0.4, 0.5) is 0 Å². The van der Waals surface area contributed by atoms with Crippen LogP contribution in [0.2, 0.25) is 5.02 Å². The SMILES string of the molecule is CCCNCc1cccc(Cl)c1OCc1nc(CC)no1. The Kier molecular flexibility index (Phi) is 6.02. The second kappa shape index (κ2) is 8.00. The molecule has 0 aliphatic carbocycles. The number of para-hydroxylation sites is 1. The summed E-state index contributed by atoms with van der Waals surface area (Å²) in [6.07, 6.45) is 1.82. The van der Waals surface area contributed by atoms with E-state index in [1.165, 1.54) is 0 Å². The molecule has 0 radical (unpaired) electrons. The van der Waals surface area contributed by atoms with Crippen LogP contribution in [-0.2, 0) is 19.6 Å². The molecule has 6 heteroatoms. The van der Waals surface area contributed by atoms with Crippen molar-refractivity contribution in [1.29, 1.82) is 0 Å². The smallest absolute Gasteiger partial charge is 0.264 e. The Hall–Kier alpha value is -1.59. The lowest BCUT2D eigenvalue weighted by Crippen LogP contribution is -2.14. The largest absolute Gasteiger partial charge is 0.482 e. The molecule has 0 atom stereocenters. The number of rotatable bonds is 8. The van der Waals surface area contributed by atoms with E-state index >= 15 is 0 Å². The molecule has 21 heavy (non-hydrogen) atoms. The summed E-state index contributed by atoms with van der Waals surface area (Å²) < 4.78 is 10.9. The molecule has 1 aromatic heterocycles. The Morgan fingerprint density at radius 3 is 2.90 bits per heavy atom. The summed E-state index contributed by atoms with van der Waals surface area (Å²) in [5.41, 5.74) is 1.02. The molecule has 2 aromatic rings. The van der Waals surface area contributed by atoms with Crippen molar-refractivity contribution in [1.82, 2.24) is 15.5 Å². The number of aryl methyl sites for hydroxylation is 1. The van der Waals surface area contributed by atoms with Gasteiger partial charge < -0.3 is 14.6 Å². The number of hydrogen-bond acceptors (Lipinski definition) is 5. The Morgan fingerprint density at radius 2 is 2.19 bits per heavy atom. The zero-order valence-electron chi connectivity index (χ0n) is 12.4. The predicted octanol–water partition coefficient (Wildman–Crippen LogP) is 3.36. The quantitative estimate of drug-likeness (QED) is 0.758. The molecule has 1 heterocycles. The van der Waals surface area contributed by atoms with Crippen LogP contribution in [0.25, 0.3) is 0 Å². The maximum Gasteiger partial charge on any atom is 0.264 e. The van der Waals surface area contributed by atoms with E-state index in [4.69, 9.17) is 20.9 Å². The summed E-state index contributed by atoms with van der Waals surface area (Å²) in [7, 11) is 0. The zero-order chi connectivity index (χ0) is 15.1. The maximum absolute atomic E-state index is 6.22. The van der Waals surface area contributed by atoms with Gasteiger partial charge in [-0.1, -0.05) is 42.7 Å². The van der Waals surface area contributed by atoms with Gasteiger partial charge in [-0.2, -0.15) is 4.98 Å². The molecule has 2 rings (SSSR count). The second-order valence-electron chi connectivity index (χ2n) is 4.65. The Bertz CT molecular complexity index is 572. The predicted molar refractivity (Wildman–Crippen MR) is 81.5 cm³/mol.